The Morgan fingerprint density at radius 1 is 1.15 bits per heavy atom. The average Bonchev–Trinajstić information content (AvgIpc) is 2.84. The number of hydrogen-bond acceptors (Lipinski definition) is 2. The van der Waals surface area contributed by atoms with E-state index in [9.17, 15) is 4.39 Å². The summed E-state index contributed by atoms with van der Waals surface area (Å²) in [5.41, 5.74) is 8.70. The maximum atomic E-state index is 13.2. The van der Waals surface area contributed by atoms with Gasteiger partial charge in [-0.1, -0.05) is 23.7 Å². The van der Waals surface area contributed by atoms with Gasteiger partial charge >= 0.3 is 0 Å². The Morgan fingerprint density at radius 2 is 1.95 bits per heavy atom. The number of nitrogens with two attached hydrogens (primary N) is 1. The van der Waals surface area contributed by atoms with Crippen molar-refractivity contribution in [1.29, 1.82) is 0 Å². The van der Waals surface area contributed by atoms with Gasteiger partial charge in [-0.2, -0.15) is 0 Å². The molecule has 0 radical (unpaired) electrons. The second kappa shape index (κ2) is 4.93. The van der Waals surface area contributed by atoms with Crippen molar-refractivity contribution in [2.24, 2.45) is 5.73 Å². The van der Waals surface area contributed by atoms with Crippen molar-refractivity contribution < 1.29 is 8.81 Å². The monoisotopic (exact) mass is 289 g/mol. The van der Waals surface area contributed by atoms with Crippen LogP contribution in [0, 0.1) is 12.7 Å². The summed E-state index contributed by atoms with van der Waals surface area (Å²) in [4.78, 5) is 0. The molecule has 1 aromatic heterocycles. The Balaban J connectivity index is 2.02. The van der Waals surface area contributed by atoms with E-state index in [2.05, 4.69) is 0 Å². The molecular formula is C16H13ClFNO. The first-order chi connectivity index (χ1) is 9.54. The van der Waals surface area contributed by atoms with Crippen LogP contribution in [0.5, 0.6) is 0 Å². The molecule has 0 aliphatic rings. The van der Waals surface area contributed by atoms with E-state index in [-0.39, 0.29) is 5.82 Å². The molecular weight excluding hydrogens is 277 g/mol. The predicted molar refractivity (Wildman–Crippen MR) is 78.4 cm³/mol. The molecule has 2 N–H and O–H groups in total. The van der Waals surface area contributed by atoms with Crippen LogP contribution in [-0.2, 0) is 0 Å². The van der Waals surface area contributed by atoms with Gasteiger partial charge in [0.2, 0.25) is 0 Å². The number of aryl methyl sites for hydroxylation is 1. The maximum absolute atomic E-state index is 13.2. The van der Waals surface area contributed by atoms with E-state index in [0.29, 0.717) is 21.8 Å². The van der Waals surface area contributed by atoms with Crippen molar-refractivity contribution in [2.75, 3.05) is 0 Å². The van der Waals surface area contributed by atoms with E-state index in [1.165, 1.54) is 12.1 Å². The SMILES string of the molecule is Cc1cc(C(N)c2cc3cc(F)ccc3o2)ccc1Cl. The molecule has 0 aliphatic carbocycles. The van der Waals surface area contributed by atoms with Crippen molar-refractivity contribution in [2.45, 2.75) is 13.0 Å². The molecule has 0 bridgehead atoms. The normalized spacial score (nSPS) is 12.8. The lowest BCUT2D eigenvalue weighted by Crippen LogP contribution is -2.10. The van der Waals surface area contributed by atoms with Crippen molar-refractivity contribution in [3.63, 3.8) is 0 Å². The Labute approximate surface area is 121 Å². The van der Waals surface area contributed by atoms with Crippen molar-refractivity contribution in [3.05, 3.63) is 70.2 Å². The Morgan fingerprint density at radius 3 is 2.70 bits per heavy atom. The van der Waals surface area contributed by atoms with Crippen molar-refractivity contribution >= 4 is 22.6 Å². The summed E-state index contributed by atoms with van der Waals surface area (Å²) in [6, 6.07) is 11.4. The lowest BCUT2D eigenvalue weighted by molar-refractivity contribution is 0.524. The molecule has 4 heteroatoms. The van der Waals surface area contributed by atoms with Crippen molar-refractivity contribution in [1.82, 2.24) is 0 Å². The van der Waals surface area contributed by atoms with Crippen LogP contribution >= 0.6 is 11.6 Å². The molecule has 0 aliphatic heterocycles. The highest BCUT2D eigenvalue weighted by Gasteiger charge is 2.15. The van der Waals surface area contributed by atoms with Gasteiger partial charge in [0, 0.05) is 10.4 Å². The van der Waals surface area contributed by atoms with Crippen LogP contribution in [0.4, 0.5) is 4.39 Å². The van der Waals surface area contributed by atoms with E-state index in [1.54, 1.807) is 12.1 Å². The molecule has 0 fully saturated rings. The van der Waals surface area contributed by atoms with Gasteiger partial charge in [0.1, 0.15) is 17.2 Å². The van der Waals surface area contributed by atoms with Gasteiger partial charge in [-0.25, -0.2) is 4.39 Å². The second-order valence-electron chi connectivity index (χ2n) is 4.82. The van der Waals surface area contributed by atoms with Crippen LogP contribution in [0.1, 0.15) is 22.9 Å². The van der Waals surface area contributed by atoms with E-state index in [0.717, 1.165) is 11.1 Å². The van der Waals surface area contributed by atoms with Gasteiger partial charge in [-0.05, 0) is 48.4 Å². The molecule has 1 atom stereocenters. The molecule has 0 amide bonds. The van der Waals surface area contributed by atoms with Gasteiger partial charge < -0.3 is 10.2 Å². The van der Waals surface area contributed by atoms with E-state index >= 15 is 0 Å². The number of furan rings is 1. The third-order valence-corrected chi connectivity index (χ3v) is 3.77. The molecule has 1 unspecified atom stereocenters. The lowest BCUT2D eigenvalue weighted by atomic mass is 10.0. The number of rotatable bonds is 2. The summed E-state index contributed by atoms with van der Waals surface area (Å²) in [7, 11) is 0. The van der Waals surface area contributed by atoms with E-state index < -0.39 is 6.04 Å². The Hall–Kier alpha value is -1.84. The van der Waals surface area contributed by atoms with Crippen LogP contribution in [0.25, 0.3) is 11.0 Å². The molecule has 3 rings (SSSR count). The Kier molecular flexibility index (Phi) is 3.24. The lowest BCUT2D eigenvalue weighted by Gasteiger charge is -2.10. The summed E-state index contributed by atoms with van der Waals surface area (Å²) in [6.45, 7) is 1.92. The molecule has 2 aromatic carbocycles. The number of hydrogen-bond donors (Lipinski definition) is 1. The van der Waals surface area contributed by atoms with Crippen LogP contribution in [0.15, 0.2) is 46.9 Å². The van der Waals surface area contributed by atoms with Gasteiger partial charge in [0.05, 0.1) is 6.04 Å². The molecule has 2 nitrogen and oxygen atoms in total. The highest BCUT2D eigenvalue weighted by atomic mass is 35.5. The first-order valence-electron chi connectivity index (χ1n) is 6.25. The first kappa shape index (κ1) is 13.2. The molecule has 102 valence electrons. The van der Waals surface area contributed by atoms with E-state index in [4.69, 9.17) is 21.8 Å². The fourth-order valence-corrected chi connectivity index (χ4v) is 2.33. The third kappa shape index (κ3) is 2.30. The minimum atomic E-state index is -0.401. The number of halogens is 2. The van der Waals surface area contributed by atoms with Crippen LogP contribution in [0.2, 0.25) is 5.02 Å². The topological polar surface area (TPSA) is 39.2 Å². The quantitative estimate of drug-likeness (QED) is 0.750. The summed E-state index contributed by atoms with van der Waals surface area (Å²) < 4.78 is 18.9. The minimum absolute atomic E-state index is 0.291. The summed E-state index contributed by atoms with van der Waals surface area (Å²) in [5, 5.41) is 1.41. The summed E-state index contributed by atoms with van der Waals surface area (Å²) in [5.74, 6) is 0.313. The first-order valence-corrected chi connectivity index (χ1v) is 6.63. The summed E-state index contributed by atoms with van der Waals surface area (Å²) in [6.07, 6.45) is 0. The summed E-state index contributed by atoms with van der Waals surface area (Å²) >= 11 is 6.01. The highest BCUT2D eigenvalue weighted by molar-refractivity contribution is 6.31. The van der Waals surface area contributed by atoms with Crippen LogP contribution < -0.4 is 5.73 Å². The standard InChI is InChI=1S/C16H13ClFNO/c1-9-6-10(2-4-13(9)17)16(19)15-8-11-7-12(18)3-5-14(11)20-15/h2-8,16H,19H2,1H3. The average molecular weight is 290 g/mol. The molecule has 20 heavy (non-hydrogen) atoms. The van der Waals surface area contributed by atoms with Gasteiger partial charge in [-0.3, -0.25) is 0 Å². The Bertz CT molecular complexity index is 781. The highest BCUT2D eigenvalue weighted by Crippen LogP contribution is 2.28. The molecule has 0 spiro atoms. The zero-order valence-corrected chi connectivity index (χ0v) is 11.6. The zero-order chi connectivity index (χ0) is 14.3. The van der Waals surface area contributed by atoms with Crippen LogP contribution in [0.3, 0.4) is 0 Å². The zero-order valence-electron chi connectivity index (χ0n) is 10.9. The van der Waals surface area contributed by atoms with E-state index in [1.807, 2.05) is 25.1 Å². The second-order valence-corrected chi connectivity index (χ2v) is 5.22. The predicted octanol–water partition coefficient (Wildman–Crippen LogP) is 4.58. The fourth-order valence-electron chi connectivity index (χ4n) is 2.21. The van der Waals surface area contributed by atoms with Crippen LogP contribution in [-0.4, -0.2) is 0 Å². The number of benzene rings is 2. The number of fused-ring (bicyclic) bond motifs is 1. The largest absolute Gasteiger partial charge is 0.459 e. The fraction of sp³-hybridized carbons (Fsp3) is 0.125. The molecule has 1 heterocycles. The van der Waals surface area contributed by atoms with Gasteiger partial charge in [0.25, 0.3) is 0 Å². The third-order valence-electron chi connectivity index (χ3n) is 3.35. The van der Waals surface area contributed by atoms with Crippen molar-refractivity contribution in [3.8, 4) is 0 Å². The smallest absolute Gasteiger partial charge is 0.134 e. The molecule has 0 saturated heterocycles. The molecule has 0 saturated carbocycles. The molecule has 3 aromatic rings. The maximum Gasteiger partial charge on any atom is 0.134 e. The van der Waals surface area contributed by atoms with Gasteiger partial charge in [-0.15, -0.1) is 0 Å². The minimum Gasteiger partial charge on any atom is -0.459 e. The van der Waals surface area contributed by atoms with Gasteiger partial charge in [0.15, 0.2) is 0 Å².